The number of hydrogen-bond acceptors (Lipinski definition) is 4. The molecule has 2 atom stereocenters. The number of carbonyl (C=O) groups excluding carboxylic acids is 2. The Morgan fingerprint density at radius 1 is 1.50 bits per heavy atom. The number of alkyl halides is 2. The molecule has 1 amide bonds. The number of ketones is 1. The quantitative estimate of drug-likeness (QED) is 0.892. The molecule has 0 spiro atoms. The van der Waals surface area contributed by atoms with Crippen LogP contribution in [0.15, 0.2) is 11.4 Å². The summed E-state index contributed by atoms with van der Waals surface area (Å²) in [6.45, 7) is 0.313. The Bertz CT molecular complexity index is 588. The van der Waals surface area contributed by atoms with Crippen molar-refractivity contribution < 1.29 is 18.4 Å². The molecule has 1 fully saturated rings. The van der Waals surface area contributed by atoms with Gasteiger partial charge in [-0.15, -0.1) is 11.3 Å². The van der Waals surface area contributed by atoms with E-state index in [2.05, 4.69) is 10.6 Å². The normalized spacial score (nSPS) is 27.3. The molecule has 1 saturated heterocycles. The van der Waals surface area contributed by atoms with E-state index in [0.29, 0.717) is 12.0 Å². The molecule has 2 unspecified atom stereocenters. The monoisotopic (exact) mass is 328 g/mol. The number of hydrogen-bond donors (Lipinski definition) is 2. The van der Waals surface area contributed by atoms with Crippen molar-refractivity contribution in [2.45, 2.75) is 37.6 Å². The Balaban J connectivity index is 1.60. The average Bonchev–Trinajstić information content (AvgIpc) is 2.93. The van der Waals surface area contributed by atoms with Gasteiger partial charge in [0.1, 0.15) is 6.04 Å². The van der Waals surface area contributed by atoms with Crippen molar-refractivity contribution >= 4 is 23.0 Å². The minimum absolute atomic E-state index is 0.0132. The molecule has 0 saturated carbocycles. The molecule has 3 rings (SSSR count). The molecule has 120 valence electrons. The summed E-state index contributed by atoms with van der Waals surface area (Å²) in [4.78, 5) is 25.4. The first-order valence-electron chi connectivity index (χ1n) is 7.46. The number of Topliss-reactive ketones (excluding diaryl/α,β-unsaturated/α-hetero) is 1. The fraction of sp³-hybridized carbons (Fsp3) is 0.600. The van der Waals surface area contributed by atoms with E-state index in [1.165, 1.54) is 0 Å². The van der Waals surface area contributed by atoms with Gasteiger partial charge in [-0.05, 0) is 24.3 Å². The highest BCUT2D eigenvalue weighted by Gasteiger charge is 2.42. The van der Waals surface area contributed by atoms with Gasteiger partial charge in [0.05, 0.1) is 0 Å². The van der Waals surface area contributed by atoms with E-state index in [0.717, 1.165) is 11.3 Å². The minimum Gasteiger partial charge on any atom is -0.346 e. The molecule has 0 radical (unpaired) electrons. The van der Waals surface area contributed by atoms with Gasteiger partial charge in [-0.25, -0.2) is 8.78 Å². The number of piperidine rings is 1. The third-order valence-corrected chi connectivity index (χ3v) is 5.34. The summed E-state index contributed by atoms with van der Waals surface area (Å²) in [5.41, 5.74) is 0.693. The molecule has 22 heavy (non-hydrogen) atoms. The fourth-order valence-electron chi connectivity index (χ4n) is 3.06. The largest absolute Gasteiger partial charge is 0.346 e. The standard InChI is InChI=1S/C15H18F2N2O2S/c16-15(17)4-5-18-8-12(15)19-13(20)7-9-1-2-11-10(14(9)21)3-6-22-11/h3,6,9,12,18H,1-2,4-5,7-8H2,(H,19,20). The second-order valence-corrected chi connectivity index (χ2v) is 6.90. The lowest BCUT2D eigenvalue weighted by Gasteiger charge is -2.32. The van der Waals surface area contributed by atoms with E-state index < -0.39 is 23.8 Å². The van der Waals surface area contributed by atoms with Gasteiger partial charge >= 0.3 is 0 Å². The highest BCUT2D eigenvalue weighted by molar-refractivity contribution is 7.10. The Hall–Kier alpha value is -1.34. The summed E-state index contributed by atoms with van der Waals surface area (Å²) in [7, 11) is 0. The van der Waals surface area contributed by atoms with Crippen molar-refractivity contribution in [2.75, 3.05) is 13.1 Å². The van der Waals surface area contributed by atoms with Crippen LogP contribution in [0.4, 0.5) is 8.78 Å². The number of nitrogens with one attached hydrogen (secondary N) is 2. The lowest BCUT2D eigenvalue weighted by Crippen LogP contribution is -2.57. The summed E-state index contributed by atoms with van der Waals surface area (Å²) < 4.78 is 27.4. The van der Waals surface area contributed by atoms with Crippen LogP contribution in [-0.4, -0.2) is 36.7 Å². The molecule has 1 aromatic heterocycles. The van der Waals surface area contributed by atoms with Crippen LogP contribution < -0.4 is 10.6 Å². The summed E-state index contributed by atoms with van der Waals surface area (Å²) in [5.74, 6) is -3.79. The Labute approximate surface area is 131 Å². The lowest BCUT2D eigenvalue weighted by molar-refractivity contribution is -0.127. The van der Waals surface area contributed by atoms with Crippen LogP contribution in [0.1, 0.15) is 34.5 Å². The molecule has 1 aliphatic heterocycles. The zero-order valence-electron chi connectivity index (χ0n) is 12.0. The van der Waals surface area contributed by atoms with Gasteiger partial charge in [0.25, 0.3) is 5.92 Å². The summed E-state index contributed by atoms with van der Waals surface area (Å²) in [6, 6.07) is 0.593. The van der Waals surface area contributed by atoms with Gasteiger partial charge in [0.15, 0.2) is 5.78 Å². The van der Waals surface area contributed by atoms with Crippen LogP contribution in [0.5, 0.6) is 0 Å². The molecule has 1 aromatic rings. The number of halogens is 2. The highest BCUT2D eigenvalue weighted by Crippen LogP contribution is 2.31. The van der Waals surface area contributed by atoms with Crippen LogP contribution in [-0.2, 0) is 11.2 Å². The number of aryl methyl sites for hydroxylation is 1. The molecule has 7 heteroatoms. The van der Waals surface area contributed by atoms with Crippen molar-refractivity contribution in [3.8, 4) is 0 Å². The average molecular weight is 328 g/mol. The Kier molecular flexibility index (Phi) is 4.27. The first-order valence-corrected chi connectivity index (χ1v) is 8.34. The third-order valence-electron chi connectivity index (χ3n) is 4.36. The summed E-state index contributed by atoms with van der Waals surface area (Å²) in [6.07, 6.45) is 1.09. The van der Waals surface area contributed by atoms with E-state index in [1.807, 2.05) is 5.38 Å². The summed E-state index contributed by atoms with van der Waals surface area (Å²) in [5, 5.41) is 7.13. The summed E-state index contributed by atoms with van der Waals surface area (Å²) >= 11 is 1.55. The van der Waals surface area contributed by atoms with E-state index in [1.54, 1.807) is 17.4 Å². The molecular formula is C15H18F2N2O2S. The molecule has 2 heterocycles. The first-order chi connectivity index (χ1) is 10.5. The molecule has 0 aromatic carbocycles. The van der Waals surface area contributed by atoms with Crippen molar-refractivity contribution in [2.24, 2.45) is 5.92 Å². The van der Waals surface area contributed by atoms with Crippen LogP contribution in [0.25, 0.3) is 0 Å². The molecule has 1 aliphatic carbocycles. The fourth-order valence-corrected chi connectivity index (χ4v) is 3.96. The first kappa shape index (κ1) is 15.6. The Morgan fingerprint density at radius 3 is 3.09 bits per heavy atom. The van der Waals surface area contributed by atoms with E-state index >= 15 is 0 Å². The van der Waals surface area contributed by atoms with Crippen molar-refractivity contribution in [1.82, 2.24) is 10.6 Å². The van der Waals surface area contributed by atoms with E-state index in [4.69, 9.17) is 0 Å². The van der Waals surface area contributed by atoms with Gasteiger partial charge in [0, 0.05) is 42.3 Å². The molecular weight excluding hydrogens is 310 g/mol. The highest BCUT2D eigenvalue weighted by atomic mass is 32.1. The molecule has 2 N–H and O–H groups in total. The molecule has 0 bridgehead atoms. The van der Waals surface area contributed by atoms with Gasteiger partial charge in [-0.2, -0.15) is 0 Å². The maximum atomic E-state index is 13.7. The molecule has 4 nitrogen and oxygen atoms in total. The maximum Gasteiger partial charge on any atom is 0.270 e. The van der Waals surface area contributed by atoms with E-state index in [-0.39, 0.29) is 31.7 Å². The van der Waals surface area contributed by atoms with Crippen molar-refractivity contribution in [3.05, 3.63) is 21.9 Å². The number of fused-ring (bicyclic) bond motifs is 1. The van der Waals surface area contributed by atoms with E-state index in [9.17, 15) is 18.4 Å². The lowest BCUT2D eigenvalue weighted by atomic mass is 9.85. The number of carbonyl (C=O) groups is 2. The number of thiophene rings is 1. The SMILES string of the molecule is O=C(CC1CCc2sccc2C1=O)NC1CNCCC1(F)F. The topological polar surface area (TPSA) is 58.2 Å². The maximum absolute atomic E-state index is 13.7. The van der Waals surface area contributed by atoms with Gasteiger partial charge in [-0.1, -0.05) is 0 Å². The second-order valence-electron chi connectivity index (χ2n) is 5.90. The minimum atomic E-state index is -2.89. The van der Waals surface area contributed by atoms with Crippen LogP contribution >= 0.6 is 11.3 Å². The predicted molar refractivity (Wildman–Crippen MR) is 79.4 cm³/mol. The van der Waals surface area contributed by atoms with Gasteiger partial charge in [-0.3, -0.25) is 9.59 Å². The van der Waals surface area contributed by atoms with Crippen LogP contribution in [0, 0.1) is 5.92 Å². The zero-order valence-corrected chi connectivity index (χ0v) is 12.8. The third kappa shape index (κ3) is 3.05. The molecule has 2 aliphatic rings. The number of amides is 1. The second kappa shape index (κ2) is 6.04. The van der Waals surface area contributed by atoms with Gasteiger partial charge < -0.3 is 10.6 Å². The van der Waals surface area contributed by atoms with Crippen molar-refractivity contribution in [1.29, 1.82) is 0 Å². The number of rotatable bonds is 3. The van der Waals surface area contributed by atoms with Crippen LogP contribution in [0.2, 0.25) is 0 Å². The smallest absolute Gasteiger partial charge is 0.270 e. The van der Waals surface area contributed by atoms with Gasteiger partial charge in [0.2, 0.25) is 5.91 Å². The Morgan fingerprint density at radius 2 is 2.32 bits per heavy atom. The van der Waals surface area contributed by atoms with Crippen LogP contribution in [0.3, 0.4) is 0 Å². The predicted octanol–water partition coefficient (Wildman–Crippen LogP) is 2.00. The zero-order chi connectivity index (χ0) is 15.7. The van der Waals surface area contributed by atoms with Crippen molar-refractivity contribution in [3.63, 3.8) is 0 Å².